The minimum absolute atomic E-state index is 0.0713. The summed E-state index contributed by atoms with van der Waals surface area (Å²) in [7, 11) is 0. The molecule has 0 unspecified atom stereocenters. The maximum absolute atomic E-state index is 12.6. The van der Waals surface area contributed by atoms with Crippen molar-refractivity contribution in [3.05, 3.63) is 54.1 Å². The van der Waals surface area contributed by atoms with Crippen molar-refractivity contribution in [3.63, 3.8) is 0 Å². The summed E-state index contributed by atoms with van der Waals surface area (Å²) in [5.74, 6) is -0.236. The van der Waals surface area contributed by atoms with Gasteiger partial charge in [0.2, 0.25) is 5.91 Å². The summed E-state index contributed by atoms with van der Waals surface area (Å²) in [5, 5.41) is 6.54. The molecule has 0 spiro atoms. The van der Waals surface area contributed by atoms with Crippen molar-refractivity contribution in [1.82, 2.24) is 10.2 Å². The van der Waals surface area contributed by atoms with Crippen molar-refractivity contribution >= 4 is 29.1 Å². The van der Waals surface area contributed by atoms with E-state index in [9.17, 15) is 9.59 Å². The van der Waals surface area contributed by atoms with E-state index in [0.29, 0.717) is 29.4 Å². The molecule has 1 aromatic carbocycles. The SMILES string of the molecule is C=CCN(CC=C)C(=O)CNc1ccc(Cl)c(C(=O)NC2CCCCC2)c1. The van der Waals surface area contributed by atoms with Gasteiger partial charge in [-0.1, -0.05) is 43.0 Å². The molecule has 2 amide bonds. The van der Waals surface area contributed by atoms with Crippen molar-refractivity contribution in [1.29, 1.82) is 0 Å². The molecule has 0 radical (unpaired) electrons. The summed E-state index contributed by atoms with van der Waals surface area (Å²) in [6, 6.07) is 5.35. The largest absolute Gasteiger partial charge is 0.376 e. The Morgan fingerprint density at radius 1 is 1.15 bits per heavy atom. The molecule has 0 atom stereocenters. The van der Waals surface area contributed by atoms with E-state index in [4.69, 9.17) is 11.6 Å². The van der Waals surface area contributed by atoms with E-state index in [1.807, 2.05) is 0 Å². The number of hydrogen-bond donors (Lipinski definition) is 2. The van der Waals surface area contributed by atoms with Gasteiger partial charge in [-0.15, -0.1) is 13.2 Å². The standard InChI is InChI=1S/C21H28ClN3O2/c1-3-12-25(13-4-2)20(26)15-23-17-10-11-19(22)18(14-17)21(27)24-16-8-6-5-7-9-16/h3-4,10-11,14,16,23H,1-2,5-9,12-13,15H2,(H,24,27). The lowest BCUT2D eigenvalue weighted by Gasteiger charge is -2.23. The van der Waals surface area contributed by atoms with E-state index < -0.39 is 0 Å². The predicted molar refractivity (Wildman–Crippen MR) is 111 cm³/mol. The molecule has 1 fully saturated rings. The van der Waals surface area contributed by atoms with Crippen LogP contribution in [0.5, 0.6) is 0 Å². The first-order chi connectivity index (χ1) is 13.0. The van der Waals surface area contributed by atoms with Gasteiger partial charge in [0.15, 0.2) is 0 Å². The van der Waals surface area contributed by atoms with Crippen LogP contribution in [-0.2, 0) is 4.79 Å². The predicted octanol–water partition coefficient (Wildman–Crippen LogP) is 4.02. The topological polar surface area (TPSA) is 61.4 Å². The lowest BCUT2D eigenvalue weighted by molar-refractivity contribution is -0.128. The number of benzene rings is 1. The average molecular weight is 390 g/mol. The van der Waals surface area contributed by atoms with Crippen LogP contribution in [0.15, 0.2) is 43.5 Å². The highest BCUT2D eigenvalue weighted by Crippen LogP contribution is 2.22. The number of carbonyl (C=O) groups excluding carboxylic acids is 2. The Morgan fingerprint density at radius 2 is 1.81 bits per heavy atom. The van der Waals surface area contributed by atoms with E-state index in [0.717, 1.165) is 25.7 Å². The minimum Gasteiger partial charge on any atom is -0.376 e. The van der Waals surface area contributed by atoms with Crippen molar-refractivity contribution in [2.45, 2.75) is 38.1 Å². The molecule has 1 aliphatic rings. The fourth-order valence-corrected chi connectivity index (χ4v) is 3.40. The van der Waals surface area contributed by atoms with Crippen molar-refractivity contribution in [3.8, 4) is 0 Å². The molecule has 1 aliphatic carbocycles. The van der Waals surface area contributed by atoms with Gasteiger partial charge in [0.05, 0.1) is 17.1 Å². The van der Waals surface area contributed by atoms with Gasteiger partial charge in [0.1, 0.15) is 0 Å². The highest BCUT2D eigenvalue weighted by atomic mass is 35.5. The van der Waals surface area contributed by atoms with Crippen LogP contribution in [0.3, 0.4) is 0 Å². The first kappa shape index (κ1) is 21.0. The van der Waals surface area contributed by atoms with E-state index in [1.165, 1.54) is 6.42 Å². The molecular formula is C21H28ClN3O2. The summed E-state index contributed by atoms with van der Waals surface area (Å²) in [5.41, 5.74) is 1.10. The normalized spacial score (nSPS) is 14.3. The zero-order valence-corrected chi connectivity index (χ0v) is 16.4. The molecule has 27 heavy (non-hydrogen) atoms. The van der Waals surface area contributed by atoms with Gasteiger partial charge in [-0.05, 0) is 31.0 Å². The summed E-state index contributed by atoms with van der Waals surface area (Å²) < 4.78 is 0. The van der Waals surface area contributed by atoms with Crippen LogP contribution >= 0.6 is 11.6 Å². The Balaban J connectivity index is 1.98. The molecule has 6 heteroatoms. The van der Waals surface area contributed by atoms with Crippen LogP contribution in [0.1, 0.15) is 42.5 Å². The lowest BCUT2D eigenvalue weighted by Crippen LogP contribution is -2.36. The Morgan fingerprint density at radius 3 is 2.44 bits per heavy atom. The highest BCUT2D eigenvalue weighted by molar-refractivity contribution is 6.34. The maximum atomic E-state index is 12.6. The maximum Gasteiger partial charge on any atom is 0.253 e. The van der Waals surface area contributed by atoms with Crippen LogP contribution in [0.2, 0.25) is 5.02 Å². The van der Waals surface area contributed by atoms with Gasteiger partial charge >= 0.3 is 0 Å². The molecule has 0 bridgehead atoms. The Hall–Kier alpha value is -2.27. The number of halogens is 1. The molecule has 2 rings (SSSR count). The second kappa shape index (κ2) is 10.8. The van der Waals surface area contributed by atoms with Gasteiger partial charge < -0.3 is 15.5 Å². The second-order valence-electron chi connectivity index (χ2n) is 6.73. The smallest absolute Gasteiger partial charge is 0.253 e. The molecular weight excluding hydrogens is 362 g/mol. The summed E-state index contributed by atoms with van der Waals surface area (Å²) in [4.78, 5) is 26.5. The van der Waals surface area contributed by atoms with E-state index in [2.05, 4.69) is 23.8 Å². The number of nitrogens with zero attached hydrogens (tertiary/aromatic N) is 1. The van der Waals surface area contributed by atoms with Crippen LogP contribution in [0.4, 0.5) is 5.69 Å². The van der Waals surface area contributed by atoms with Crippen molar-refractivity contribution in [2.24, 2.45) is 0 Å². The Bertz CT molecular complexity index is 674. The van der Waals surface area contributed by atoms with Crippen molar-refractivity contribution < 1.29 is 9.59 Å². The highest BCUT2D eigenvalue weighted by Gasteiger charge is 2.19. The van der Waals surface area contributed by atoms with Crippen LogP contribution in [0, 0.1) is 0 Å². The Labute approximate surface area is 166 Å². The second-order valence-corrected chi connectivity index (χ2v) is 7.14. The zero-order valence-electron chi connectivity index (χ0n) is 15.7. The molecule has 2 N–H and O–H groups in total. The molecule has 0 aliphatic heterocycles. The number of rotatable bonds is 9. The first-order valence-corrected chi connectivity index (χ1v) is 9.76. The van der Waals surface area contributed by atoms with Crippen LogP contribution in [0.25, 0.3) is 0 Å². The molecule has 1 aromatic rings. The molecule has 0 aromatic heterocycles. The summed E-state index contributed by atoms with van der Waals surface area (Å²) in [6.07, 6.45) is 8.91. The van der Waals surface area contributed by atoms with Crippen molar-refractivity contribution in [2.75, 3.05) is 25.0 Å². The lowest BCUT2D eigenvalue weighted by atomic mass is 9.95. The average Bonchev–Trinajstić information content (AvgIpc) is 2.67. The van der Waals surface area contributed by atoms with Crippen LogP contribution in [-0.4, -0.2) is 42.4 Å². The molecule has 5 nitrogen and oxygen atoms in total. The first-order valence-electron chi connectivity index (χ1n) is 9.39. The summed E-state index contributed by atoms with van der Waals surface area (Å²) in [6.45, 7) is 8.37. The third-order valence-electron chi connectivity index (χ3n) is 4.65. The molecule has 1 saturated carbocycles. The zero-order chi connectivity index (χ0) is 19.6. The van der Waals surface area contributed by atoms with Crippen LogP contribution < -0.4 is 10.6 Å². The van der Waals surface area contributed by atoms with Gasteiger partial charge in [-0.2, -0.15) is 0 Å². The molecule has 0 saturated heterocycles. The fraction of sp³-hybridized carbons (Fsp3) is 0.429. The number of hydrogen-bond acceptors (Lipinski definition) is 3. The minimum atomic E-state index is -0.165. The van der Waals surface area contributed by atoms with Gasteiger partial charge in [0.25, 0.3) is 5.91 Å². The third kappa shape index (κ3) is 6.43. The Kier molecular flexibility index (Phi) is 8.40. The quantitative estimate of drug-likeness (QED) is 0.627. The van der Waals surface area contributed by atoms with E-state index >= 15 is 0 Å². The van der Waals surface area contributed by atoms with E-state index in [-0.39, 0.29) is 24.4 Å². The summed E-state index contributed by atoms with van der Waals surface area (Å²) >= 11 is 6.22. The van der Waals surface area contributed by atoms with Gasteiger partial charge in [0, 0.05) is 24.8 Å². The monoisotopic (exact) mass is 389 g/mol. The number of carbonyl (C=O) groups is 2. The van der Waals surface area contributed by atoms with Gasteiger partial charge in [-0.25, -0.2) is 0 Å². The number of anilines is 1. The number of nitrogens with one attached hydrogen (secondary N) is 2. The third-order valence-corrected chi connectivity index (χ3v) is 4.98. The molecule has 0 heterocycles. The number of amides is 2. The van der Waals surface area contributed by atoms with Gasteiger partial charge in [-0.3, -0.25) is 9.59 Å². The molecule has 146 valence electrons. The fourth-order valence-electron chi connectivity index (χ4n) is 3.20. The van der Waals surface area contributed by atoms with E-state index in [1.54, 1.807) is 35.3 Å².